The van der Waals surface area contributed by atoms with Gasteiger partial charge in [0.05, 0.1) is 9.85 Å². The Morgan fingerprint density at radius 3 is 1.56 bits per heavy atom. The lowest BCUT2D eigenvalue weighted by atomic mass is 10.1. The summed E-state index contributed by atoms with van der Waals surface area (Å²) in [5.74, 6) is 0. The average molecular weight is 343 g/mol. The van der Waals surface area contributed by atoms with Crippen LogP contribution in [0.5, 0.6) is 0 Å². The summed E-state index contributed by atoms with van der Waals surface area (Å²) in [5.41, 5.74) is 1.74. The highest BCUT2D eigenvalue weighted by Crippen LogP contribution is 2.29. The third-order valence-electron chi connectivity index (χ3n) is 3.98. The molecule has 0 aliphatic rings. The van der Waals surface area contributed by atoms with Crippen molar-refractivity contribution in [3.63, 3.8) is 0 Å². The van der Waals surface area contributed by atoms with E-state index >= 15 is 0 Å². The molecule has 0 aromatic heterocycles. The Morgan fingerprint density at radius 1 is 0.760 bits per heavy atom. The summed E-state index contributed by atoms with van der Waals surface area (Å²) in [6.45, 7) is 2.89. The number of nitrogens with zero attached hydrogens (tertiary/aromatic N) is 3. The first kappa shape index (κ1) is 18.4. The lowest BCUT2D eigenvalue weighted by Crippen LogP contribution is -2.18. The molecule has 7 heteroatoms. The summed E-state index contributed by atoms with van der Waals surface area (Å²) in [6.07, 6.45) is 4.35. The highest BCUT2D eigenvalue weighted by Gasteiger charge is 2.13. The first-order valence-electron chi connectivity index (χ1n) is 8.29. The number of hydrogen-bond acceptors (Lipinski definition) is 5. The van der Waals surface area contributed by atoms with Crippen LogP contribution in [0.2, 0.25) is 0 Å². The molecule has 132 valence electrons. The summed E-state index contributed by atoms with van der Waals surface area (Å²) >= 11 is 0. The van der Waals surface area contributed by atoms with Crippen LogP contribution in [-0.4, -0.2) is 16.4 Å². The molecule has 2 rings (SSSR count). The summed E-state index contributed by atoms with van der Waals surface area (Å²) in [7, 11) is 0. The van der Waals surface area contributed by atoms with Crippen molar-refractivity contribution in [2.75, 3.05) is 11.4 Å². The minimum atomic E-state index is -0.429. The molecule has 0 unspecified atom stereocenters. The van der Waals surface area contributed by atoms with Crippen molar-refractivity contribution in [2.24, 2.45) is 0 Å². The minimum Gasteiger partial charge on any atom is -0.341 e. The summed E-state index contributed by atoms with van der Waals surface area (Å²) in [4.78, 5) is 22.8. The van der Waals surface area contributed by atoms with Crippen molar-refractivity contribution < 1.29 is 9.85 Å². The van der Waals surface area contributed by atoms with Crippen molar-refractivity contribution in [3.05, 3.63) is 68.8 Å². The number of rotatable bonds is 9. The zero-order valence-corrected chi connectivity index (χ0v) is 14.1. The fraction of sp³-hybridized carbons (Fsp3) is 0.333. The van der Waals surface area contributed by atoms with Gasteiger partial charge in [-0.3, -0.25) is 20.2 Å². The molecule has 0 aliphatic carbocycles. The number of hydrogen-bond donors (Lipinski definition) is 0. The zero-order chi connectivity index (χ0) is 18.2. The van der Waals surface area contributed by atoms with Gasteiger partial charge in [-0.2, -0.15) is 0 Å². The Labute approximate surface area is 146 Å². The second kappa shape index (κ2) is 8.77. The lowest BCUT2D eigenvalue weighted by molar-refractivity contribution is -0.385. The molecule has 0 N–H and O–H groups in total. The van der Waals surface area contributed by atoms with Gasteiger partial charge in [0.15, 0.2) is 0 Å². The number of unbranched alkanes of at least 4 members (excludes halogenated alkanes) is 3. The summed E-state index contributed by atoms with van der Waals surface area (Å²) in [6, 6.07) is 12.7. The van der Waals surface area contributed by atoms with Gasteiger partial charge in [-0.15, -0.1) is 0 Å². The molecule has 0 saturated carbocycles. The van der Waals surface area contributed by atoms with Crippen molar-refractivity contribution in [3.8, 4) is 0 Å². The van der Waals surface area contributed by atoms with Gasteiger partial charge in [-0.25, -0.2) is 0 Å². The molecule has 7 nitrogen and oxygen atoms in total. The topological polar surface area (TPSA) is 89.5 Å². The zero-order valence-electron chi connectivity index (χ0n) is 14.1. The van der Waals surface area contributed by atoms with E-state index in [1.54, 1.807) is 24.3 Å². The molecule has 0 bridgehead atoms. The third-order valence-corrected chi connectivity index (χ3v) is 3.98. The highest BCUT2D eigenvalue weighted by molar-refractivity contribution is 5.65. The lowest BCUT2D eigenvalue weighted by Gasteiger charge is -2.25. The number of nitro benzene ring substituents is 2. The SMILES string of the molecule is CCCCCCN(c1ccc([N+](=O)[O-])cc1)c1ccc([N+](=O)[O-])cc1. The second-order valence-electron chi connectivity index (χ2n) is 5.76. The fourth-order valence-corrected chi connectivity index (χ4v) is 2.61. The molecule has 0 fully saturated rings. The van der Waals surface area contributed by atoms with Crippen LogP contribution in [0, 0.1) is 20.2 Å². The first-order valence-corrected chi connectivity index (χ1v) is 8.29. The molecule has 0 saturated heterocycles. The molecule has 0 heterocycles. The van der Waals surface area contributed by atoms with Gasteiger partial charge >= 0.3 is 0 Å². The Balaban J connectivity index is 2.25. The molecule has 0 radical (unpaired) electrons. The molecule has 0 spiro atoms. The van der Waals surface area contributed by atoms with E-state index < -0.39 is 9.85 Å². The number of non-ortho nitro benzene ring substituents is 2. The number of nitro groups is 2. The van der Waals surface area contributed by atoms with Crippen LogP contribution >= 0.6 is 0 Å². The standard InChI is InChI=1S/C18H21N3O4/c1-2-3-4-5-14-19(15-6-10-17(11-7-15)20(22)23)16-8-12-18(13-9-16)21(24)25/h6-13H,2-5,14H2,1H3. The quantitative estimate of drug-likeness (QED) is 0.354. The van der Waals surface area contributed by atoms with Crippen molar-refractivity contribution in [1.29, 1.82) is 0 Å². The predicted octanol–water partition coefficient (Wildman–Crippen LogP) is 5.22. The number of anilines is 2. The molecule has 0 amide bonds. The summed E-state index contributed by atoms with van der Waals surface area (Å²) in [5, 5.41) is 21.7. The molecule has 0 aliphatic heterocycles. The van der Waals surface area contributed by atoms with E-state index in [4.69, 9.17) is 0 Å². The molecule has 25 heavy (non-hydrogen) atoms. The first-order chi connectivity index (χ1) is 12.0. The molecular weight excluding hydrogens is 322 g/mol. The van der Waals surface area contributed by atoms with E-state index in [9.17, 15) is 20.2 Å². The fourth-order valence-electron chi connectivity index (χ4n) is 2.61. The van der Waals surface area contributed by atoms with Crippen LogP contribution in [0.15, 0.2) is 48.5 Å². The van der Waals surface area contributed by atoms with Crippen LogP contribution < -0.4 is 4.90 Å². The molecule has 0 atom stereocenters. The van der Waals surface area contributed by atoms with E-state index in [2.05, 4.69) is 6.92 Å². The van der Waals surface area contributed by atoms with Gasteiger partial charge in [0.1, 0.15) is 0 Å². The monoisotopic (exact) mass is 343 g/mol. The molecular formula is C18H21N3O4. The van der Waals surface area contributed by atoms with Crippen LogP contribution in [0.25, 0.3) is 0 Å². The number of benzene rings is 2. The maximum absolute atomic E-state index is 10.8. The minimum absolute atomic E-state index is 0.0402. The van der Waals surface area contributed by atoms with Gasteiger partial charge in [0.2, 0.25) is 0 Å². The van der Waals surface area contributed by atoms with Crippen molar-refractivity contribution in [1.82, 2.24) is 0 Å². The Morgan fingerprint density at radius 2 is 1.20 bits per heavy atom. The van der Waals surface area contributed by atoms with Crippen LogP contribution in [0.3, 0.4) is 0 Å². The maximum atomic E-state index is 10.8. The van der Waals surface area contributed by atoms with E-state index in [0.717, 1.165) is 43.6 Å². The molecule has 2 aromatic carbocycles. The average Bonchev–Trinajstić information content (AvgIpc) is 2.62. The van der Waals surface area contributed by atoms with E-state index in [-0.39, 0.29) is 11.4 Å². The van der Waals surface area contributed by atoms with Crippen LogP contribution in [-0.2, 0) is 0 Å². The summed E-state index contributed by atoms with van der Waals surface area (Å²) < 4.78 is 0. The Bertz CT molecular complexity index is 657. The van der Waals surface area contributed by atoms with Gasteiger partial charge in [-0.05, 0) is 30.7 Å². The second-order valence-corrected chi connectivity index (χ2v) is 5.76. The van der Waals surface area contributed by atoms with E-state index in [1.165, 1.54) is 24.3 Å². The van der Waals surface area contributed by atoms with Gasteiger partial charge < -0.3 is 4.90 Å². The Hall–Kier alpha value is -2.96. The highest BCUT2D eigenvalue weighted by atomic mass is 16.6. The van der Waals surface area contributed by atoms with Crippen LogP contribution in [0.1, 0.15) is 32.6 Å². The van der Waals surface area contributed by atoms with E-state index in [1.807, 2.05) is 4.90 Å². The van der Waals surface area contributed by atoms with Crippen LogP contribution in [0.4, 0.5) is 22.7 Å². The predicted molar refractivity (Wildman–Crippen MR) is 97.3 cm³/mol. The Kier molecular flexibility index (Phi) is 6.45. The van der Waals surface area contributed by atoms with Gasteiger partial charge in [0, 0.05) is 42.2 Å². The van der Waals surface area contributed by atoms with Gasteiger partial charge in [0.25, 0.3) is 11.4 Å². The normalized spacial score (nSPS) is 10.4. The maximum Gasteiger partial charge on any atom is 0.269 e. The van der Waals surface area contributed by atoms with Crippen molar-refractivity contribution in [2.45, 2.75) is 32.6 Å². The third kappa shape index (κ3) is 5.00. The molecule has 2 aromatic rings. The van der Waals surface area contributed by atoms with E-state index in [0.29, 0.717) is 0 Å². The smallest absolute Gasteiger partial charge is 0.269 e. The largest absolute Gasteiger partial charge is 0.341 e. The van der Waals surface area contributed by atoms with Crippen molar-refractivity contribution >= 4 is 22.7 Å². The van der Waals surface area contributed by atoms with Gasteiger partial charge in [-0.1, -0.05) is 26.2 Å².